The quantitative estimate of drug-likeness (QED) is 0.347. The Hall–Kier alpha value is -4.71. The van der Waals surface area contributed by atoms with E-state index < -0.39 is 93.2 Å². The first kappa shape index (κ1) is 39.0. The molecule has 292 valence electrons. The van der Waals surface area contributed by atoms with Crippen molar-refractivity contribution < 1.29 is 55.0 Å². The number of nitrogens with zero attached hydrogens (tertiary/aromatic N) is 2. The van der Waals surface area contributed by atoms with Crippen LogP contribution in [0.5, 0.6) is 5.88 Å². The first-order chi connectivity index (χ1) is 25.3. The average molecular weight is 778 g/mol. The zero-order chi connectivity index (χ0) is 39.2. The number of ether oxygens (including phenoxy) is 3. The van der Waals surface area contributed by atoms with E-state index >= 15 is 0 Å². The number of hydrogen-bond donors (Lipinski definition) is 3. The highest BCUT2D eigenvalue weighted by molar-refractivity contribution is 7.91. The van der Waals surface area contributed by atoms with Crippen LogP contribution in [0, 0.1) is 11.3 Å². The lowest BCUT2D eigenvalue weighted by atomic mass is 9.85. The fraction of sp³-hybridized carbons (Fsp3) is 0.528. The van der Waals surface area contributed by atoms with E-state index in [0.29, 0.717) is 46.9 Å². The molecule has 0 spiro atoms. The summed E-state index contributed by atoms with van der Waals surface area (Å²) in [6.07, 6.45) is -2.92. The molecule has 6 rings (SSSR count). The van der Waals surface area contributed by atoms with E-state index in [9.17, 15) is 40.8 Å². The van der Waals surface area contributed by atoms with Crippen LogP contribution in [0.2, 0.25) is 0 Å². The largest absolute Gasteiger partial charge is 0.524 e. The number of alkyl halides is 3. The summed E-state index contributed by atoms with van der Waals surface area (Å²) in [5.41, 5.74) is -2.27. The number of carbonyl (C=O) groups excluding carboxylic acids is 4. The second-order valence-electron chi connectivity index (χ2n) is 15.0. The van der Waals surface area contributed by atoms with Gasteiger partial charge in [-0.1, -0.05) is 51.1 Å². The minimum Gasteiger partial charge on any atom is -0.469 e. The Morgan fingerprint density at radius 1 is 1.17 bits per heavy atom. The number of fused-ring (bicyclic) bond motifs is 3. The lowest BCUT2D eigenvalue weighted by Crippen LogP contribution is -2.62. The van der Waals surface area contributed by atoms with E-state index in [2.05, 4.69) is 26.9 Å². The maximum atomic E-state index is 14.6. The van der Waals surface area contributed by atoms with Crippen LogP contribution in [0.15, 0.2) is 49.2 Å². The SMILES string of the molecule is C=C[C@@H]1C[C@]1(NC(=O)[C@@H]1C[C@H]2Oc3nccc4ccc(cc34)/C=C/CCCOC(=O)N[C@@H](C(C)(C)C)C(=O)N1C2OC(F)(F)F)C(=O)NS(=O)(=O)C1CC1. The van der Waals surface area contributed by atoms with Gasteiger partial charge in [0.2, 0.25) is 27.7 Å². The number of nitrogens with one attached hydrogen (secondary N) is 3. The molecule has 3 N–H and O–H groups in total. The van der Waals surface area contributed by atoms with Crippen LogP contribution in [-0.4, -0.2) is 90.3 Å². The lowest BCUT2D eigenvalue weighted by Gasteiger charge is -2.38. The number of allylic oxidation sites excluding steroid dienone is 1. The number of pyridine rings is 1. The fourth-order valence-corrected chi connectivity index (χ4v) is 8.12. The van der Waals surface area contributed by atoms with Crippen molar-refractivity contribution in [1.82, 2.24) is 25.2 Å². The molecule has 4 aliphatic rings. The zero-order valence-corrected chi connectivity index (χ0v) is 30.7. The van der Waals surface area contributed by atoms with Gasteiger partial charge in [-0.2, -0.15) is 0 Å². The molecule has 1 aromatic heterocycles. The summed E-state index contributed by atoms with van der Waals surface area (Å²) >= 11 is 0. The monoisotopic (exact) mass is 777 g/mol. The molecule has 3 fully saturated rings. The third kappa shape index (κ3) is 8.33. The van der Waals surface area contributed by atoms with Crippen molar-refractivity contribution in [2.24, 2.45) is 11.3 Å². The number of cyclic esters (lactones) is 1. The predicted molar refractivity (Wildman–Crippen MR) is 188 cm³/mol. The van der Waals surface area contributed by atoms with Gasteiger partial charge >= 0.3 is 12.5 Å². The number of hydrogen-bond acceptors (Lipinski definition) is 10. The van der Waals surface area contributed by atoms with Gasteiger partial charge in [-0.15, -0.1) is 19.8 Å². The van der Waals surface area contributed by atoms with Crippen LogP contribution in [-0.2, 0) is 33.9 Å². The Morgan fingerprint density at radius 3 is 2.56 bits per heavy atom. The highest BCUT2D eigenvalue weighted by Gasteiger charge is 2.63. The number of carbonyl (C=O) groups is 4. The fourth-order valence-electron chi connectivity index (χ4n) is 6.76. The van der Waals surface area contributed by atoms with Gasteiger partial charge in [0.25, 0.3) is 5.91 Å². The Balaban J connectivity index is 1.44. The molecule has 3 heterocycles. The molecule has 6 atom stereocenters. The van der Waals surface area contributed by atoms with Gasteiger partial charge in [0.05, 0.1) is 11.9 Å². The van der Waals surface area contributed by atoms with Crippen molar-refractivity contribution in [3.8, 4) is 5.88 Å². The van der Waals surface area contributed by atoms with Crippen LogP contribution in [0.3, 0.4) is 0 Å². The molecule has 2 aliphatic carbocycles. The Morgan fingerprint density at radius 2 is 1.91 bits per heavy atom. The third-order valence-electron chi connectivity index (χ3n) is 9.89. The molecular weight excluding hydrogens is 735 g/mol. The number of halogens is 3. The minimum absolute atomic E-state index is 0.0391. The molecule has 2 saturated carbocycles. The van der Waals surface area contributed by atoms with E-state index in [0.717, 1.165) is 0 Å². The molecule has 4 bridgehead atoms. The number of rotatable bonds is 7. The van der Waals surface area contributed by atoms with Crippen molar-refractivity contribution in [2.75, 3.05) is 6.61 Å². The van der Waals surface area contributed by atoms with Crippen LogP contribution in [0.25, 0.3) is 16.8 Å². The number of amides is 4. The number of sulfonamides is 1. The summed E-state index contributed by atoms with van der Waals surface area (Å²) in [5, 5.41) is 5.30. The summed E-state index contributed by atoms with van der Waals surface area (Å²) in [6, 6.07) is 3.65. The van der Waals surface area contributed by atoms with E-state index in [1.165, 1.54) is 12.3 Å². The van der Waals surface area contributed by atoms with Crippen molar-refractivity contribution in [3.63, 3.8) is 0 Å². The summed E-state index contributed by atoms with van der Waals surface area (Å²) in [7, 11) is -4.06. The van der Waals surface area contributed by atoms with Gasteiger partial charge in [-0.3, -0.25) is 28.7 Å². The second-order valence-corrected chi connectivity index (χ2v) is 17.0. The Bertz CT molecular complexity index is 1980. The van der Waals surface area contributed by atoms with Gasteiger partial charge in [-0.25, -0.2) is 18.2 Å². The van der Waals surface area contributed by atoms with Gasteiger partial charge in [0.15, 0.2) is 6.23 Å². The summed E-state index contributed by atoms with van der Waals surface area (Å²) in [4.78, 5) is 60.3. The second kappa shape index (κ2) is 14.5. The molecule has 2 aromatic rings. The highest BCUT2D eigenvalue weighted by atomic mass is 32.2. The van der Waals surface area contributed by atoms with E-state index in [1.807, 2.05) is 22.9 Å². The Labute approximate surface area is 309 Å². The zero-order valence-electron chi connectivity index (χ0n) is 29.9. The molecule has 1 aromatic carbocycles. The standard InChI is InChI=1S/C36H42F3N5O9S/c1-5-22-19-35(22,32(47)43-54(49,50)23-12-13-23)42-28(45)25-18-26-31(53-36(37,38)39)44(25)30(46)27(34(2,3)4)41-33(48)51-16-8-6-7-9-20-10-11-21-14-15-40-29(52-26)24(21)17-20/h5,7,9-11,14-15,17,22-23,25-27,31H,1,6,8,12-13,16,18-19H2,2-4H3,(H,41,48)(H,42,45)(H,43,47)/b9-7+/t22-,25+,26-,27-,31?,35-/m1/s1. The van der Waals surface area contributed by atoms with Crippen molar-refractivity contribution in [3.05, 3.63) is 54.8 Å². The average Bonchev–Trinajstić information content (AvgIpc) is 4.01. The number of benzene rings is 1. The van der Waals surface area contributed by atoms with Gasteiger partial charge < -0.3 is 20.1 Å². The first-order valence-corrected chi connectivity index (χ1v) is 19.1. The molecule has 0 radical (unpaired) electrons. The third-order valence-corrected chi connectivity index (χ3v) is 11.7. The van der Waals surface area contributed by atoms with Gasteiger partial charge in [0.1, 0.15) is 23.7 Å². The molecule has 1 unspecified atom stereocenters. The number of aromatic nitrogens is 1. The lowest BCUT2D eigenvalue weighted by molar-refractivity contribution is -0.361. The molecule has 14 nitrogen and oxygen atoms in total. The van der Waals surface area contributed by atoms with Crippen LogP contribution < -0.4 is 20.1 Å². The maximum Gasteiger partial charge on any atom is 0.524 e. The van der Waals surface area contributed by atoms with E-state index in [-0.39, 0.29) is 18.9 Å². The smallest absolute Gasteiger partial charge is 0.469 e. The van der Waals surface area contributed by atoms with Crippen LogP contribution in [0.1, 0.15) is 64.9 Å². The Kier molecular flexibility index (Phi) is 10.5. The summed E-state index contributed by atoms with van der Waals surface area (Å²) in [6.45, 7) is 8.30. The molecule has 1 saturated heterocycles. The molecular formula is C36H42F3N5O9S. The van der Waals surface area contributed by atoms with Crippen LogP contribution in [0.4, 0.5) is 18.0 Å². The van der Waals surface area contributed by atoms with Crippen molar-refractivity contribution in [1.29, 1.82) is 0 Å². The number of alkyl carbamates (subject to hydrolysis) is 1. The van der Waals surface area contributed by atoms with Gasteiger partial charge in [-0.05, 0) is 60.6 Å². The van der Waals surface area contributed by atoms with E-state index in [4.69, 9.17) is 9.47 Å². The summed E-state index contributed by atoms with van der Waals surface area (Å²) < 4.78 is 86.3. The maximum absolute atomic E-state index is 14.6. The molecule has 2 aliphatic heterocycles. The highest BCUT2D eigenvalue weighted by Crippen LogP contribution is 2.46. The first-order valence-electron chi connectivity index (χ1n) is 17.6. The van der Waals surface area contributed by atoms with Gasteiger partial charge in [0, 0.05) is 23.9 Å². The predicted octanol–water partition coefficient (Wildman–Crippen LogP) is 4.06. The van der Waals surface area contributed by atoms with Crippen molar-refractivity contribution in [2.45, 2.75) is 101 Å². The normalized spacial score (nSPS) is 28.6. The summed E-state index contributed by atoms with van der Waals surface area (Å²) in [5.74, 6) is -4.10. The van der Waals surface area contributed by atoms with Crippen molar-refractivity contribution >= 4 is 50.7 Å². The minimum atomic E-state index is -5.36. The van der Waals surface area contributed by atoms with E-state index in [1.54, 1.807) is 39.0 Å². The molecule has 4 amide bonds. The van der Waals surface area contributed by atoms with Crippen LogP contribution >= 0.6 is 0 Å². The topological polar surface area (TPSA) is 182 Å². The molecule has 54 heavy (non-hydrogen) atoms. The molecule has 18 heteroatoms.